The van der Waals surface area contributed by atoms with Crippen molar-refractivity contribution in [1.29, 1.82) is 0 Å². The molecule has 2 unspecified atom stereocenters. The zero-order chi connectivity index (χ0) is 11.4. The molecule has 0 aromatic rings. The van der Waals surface area contributed by atoms with Crippen molar-refractivity contribution in [3.8, 4) is 0 Å². The number of piperidine rings is 1. The van der Waals surface area contributed by atoms with Gasteiger partial charge in [0.25, 0.3) is 0 Å². The second-order valence-electron chi connectivity index (χ2n) is 4.92. The van der Waals surface area contributed by atoms with Crippen LogP contribution in [0.5, 0.6) is 0 Å². The summed E-state index contributed by atoms with van der Waals surface area (Å²) in [6, 6.07) is 0.0827. The van der Waals surface area contributed by atoms with Crippen molar-refractivity contribution in [2.24, 2.45) is 11.7 Å². The number of carbonyl (C=O) groups is 1. The summed E-state index contributed by atoms with van der Waals surface area (Å²) < 4.78 is 0. The Hall–Kier alpha value is -0.570. The SMILES string of the molecule is CCC[C@H](N)C(=O)N1CC(C)CCC1C. The topological polar surface area (TPSA) is 46.3 Å². The summed E-state index contributed by atoms with van der Waals surface area (Å²) in [5.41, 5.74) is 5.88. The molecule has 0 aliphatic carbocycles. The molecule has 0 saturated carbocycles. The highest BCUT2D eigenvalue weighted by Crippen LogP contribution is 2.22. The van der Waals surface area contributed by atoms with E-state index >= 15 is 0 Å². The predicted octanol–water partition coefficient (Wildman–Crippen LogP) is 1.76. The summed E-state index contributed by atoms with van der Waals surface area (Å²) in [7, 11) is 0. The molecule has 1 heterocycles. The third-order valence-electron chi connectivity index (χ3n) is 3.32. The standard InChI is InChI=1S/C12H24N2O/c1-4-5-11(13)12(15)14-8-9(2)6-7-10(14)3/h9-11H,4-8,13H2,1-3H3/t9?,10?,11-/m0/s1. The molecule has 3 nitrogen and oxygen atoms in total. The normalized spacial score (nSPS) is 28.9. The van der Waals surface area contributed by atoms with Crippen LogP contribution in [0.15, 0.2) is 0 Å². The second-order valence-corrected chi connectivity index (χ2v) is 4.92. The van der Waals surface area contributed by atoms with E-state index in [1.165, 1.54) is 6.42 Å². The Balaban J connectivity index is 2.56. The number of amides is 1. The predicted molar refractivity (Wildman–Crippen MR) is 62.5 cm³/mol. The van der Waals surface area contributed by atoms with Crippen molar-refractivity contribution < 1.29 is 4.79 Å². The van der Waals surface area contributed by atoms with Crippen molar-refractivity contribution in [2.75, 3.05) is 6.54 Å². The molecule has 1 amide bonds. The first-order valence-corrected chi connectivity index (χ1v) is 6.12. The molecule has 0 radical (unpaired) electrons. The van der Waals surface area contributed by atoms with Gasteiger partial charge in [-0.15, -0.1) is 0 Å². The smallest absolute Gasteiger partial charge is 0.239 e. The summed E-state index contributed by atoms with van der Waals surface area (Å²) >= 11 is 0. The van der Waals surface area contributed by atoms with Crippen molar-refractivity contribution in [2.45, 2.75) is 58.5 Å². The quantitative estimate of drug-likeness (QED) is 0.775. The lowest BCUT2D eigenvalue weighted by Crippen LogP contribution is -2.51. The molecule has 1 saturated heterocycles. The summed E-state index contributed by atoms with van der Waals surface area (Å²) in [6.45, 7) is 7.28. The van der Waals surface area contributed by atoms with E-state index in [-0.39, 0.29) is 11.9 Å². The average Bonchev–Trinajstić information content (AvgIpc) is 2.21. The van der Waals surface area contributed by atoms with Crippen LogP contribution >= 0.6 is 0 Å². The van der Waals surface area contributed by atoms with Gasteiger partial charge in [-0.1, -0.05) is 20.3 Å². The van der Waals surface area contributed by atoms with Gasteiger partial charge in [0.15, 0.2) is 0 Å². The van der Waals surface area contributed by atoms with E-state index in [0.29, 0.717) is 12.0 Å². The van der Waals surface area contributed by atoms with E-state index in [4.69, 9.17) is 5.73 Å². The van der Waals surface area contributed by atoms with Crippen LogP contribution in [0, 0.1) is 5.92 Å². The minimum Gasteiger partial charge on any atom is -0.338 e. The van der Waals surface area contributed by atoms with Crippen LogP contribution in [-0.2, 0) is 4.79 Å². The molecule has 1 aliphatic rings. The number of carbonyl (C=O) groups excluding carboxylic acids is 1. The maximum Gasteiger partial charge on any atom is 0.239 e. The highest BCUT2D eigenvalue weighted by atomic mass is 16.2. The molecule has 1 aliphatic heterocycles. The Labute approximate surface area is 93.0 Å². The molecule has 0 spiro atoms. The van der Waals surface area contributed by atoms with E-state index in [0.717, 1.165) is 25.8 Å². The summed E-state index contributed by atoms with van der Waals surface area (Å²) in [5.74, 6) is 0.773. The van der Waals surface area contributed by atoms with Crippen molar-refractivity contribution >= 4 is 5.91 Å². The first kappa shape index (κ1) is 12.5. The van der Waals surface area contributed by atoms with Crippen LogP contribution in [0.4, 0.5) is 0 Å². The van der Waals surface area contributed by atoms with Gasteiger partial charge in [0.05, 0.1) is 6.04 Å². The van der Waals surface area contributed by atoms with Gasteiger partial charge in [-0.05, 0) is 32.1 Å². The summed E-state index contributed by atoms with van der Waals surface area (Å²) in [4.78, 5) is 14.0. The van der Waals surface area contributed by atoms with Gasteiger partial charge in [0.2, 0.25) is 5.91 Å². The van der Waals surface area contributed by atoms with Crippen LogP contribution in [0.1, 0.15) is 46.5 Å². The Kier molecular flexibility index (Phi) is 4.58. The molecular weight excluding hydrogens is 188 g/mol. The van der Waals surface area contributed by atoms with Crippen LogP contribution in [0.2, 0.25) is 0 Å². The van der Waals surface area contributed by atoms with Gasteiger partial charge >= 0.3 is 0 Å². The van der Waals surface area contributed by atoms with Gasteiger partial charge in [-0.3, -0.25) is 4.79 Å². The zero-order valence-electron chi connectivity index (χ0n) is 10.2. The van der Waals surface area contributed by atoms with E-state index < -0.39 is 0 Å². The lowest BCUT2D eigenvalue weighted by Gasteiger charge is -2.38. The molecule has 1 fully saturated rings. The fourth-order valence-electron chi connectivity index (χ4n) is 2.24. The first-order chi connectivity index (χ1) is 7.06. The molecule has 88 valence electrons. The van der Waals surface area contributed by atoms with Gasteiger partial charge in [-0.2, -0.15) is 0 Å². The van der Waals surface area contributed by atoms with Gasteiger partial charge in [0, 0.05) is 12.6 Å². The van der Waals surface area contributed by atoms with E-state index in [2.05, 4.69) is 20.8 Å². The van der Waals surface area contributed by atoms with Crippen molar-refractivity contribution in [3.05, 3.63) is 0 Å². The highest BCUT2D eigenvalue weighted by Gasteiger charge is 2.29. The third-order valence-corrected chi connectivity index (χ3v) is 3.32. The molecule has 15 heavy (non-hydrogen) atoms. The monoisotopic (exact) mass is 212 g/mol. The largest absolute Gasteiger partial charge is 0.338 e. The Morgan fingerprint density at radius 1 is 1.47 bits per heavy atom. The summed E-state index contributed by atoms with van der Waals surface area (Å²) in [6.07, 6.45) is 4.13. The Bertz CT molecular complexity index is 218. The van der Waals surface area contributed by atoms with Crippen LogP contribution in [-0.4, -0.2) is 29.4 Å². The molecule has 3 atom stereocenters. The number of nitrogens with two attached hydrogens (primary N) is 1. The van der Waals surface area contributed by atoms with E-state index in [9.17, 15) is 4.79 Å². The van der Waals surface area contributed by atoms with Crippen molar-refractivity contribution in [3.63, 3.8) is 0 Å². The first-order valence-electron chi connectivity index (χ1n) is 6.12. The maximum atomic E-state index is 12.0. The number of likely N-dealkylation sites (tertiary alicyclic amines) is 1. The van der Waals surface area contributed by atoms with Crippen LogP contribution in [0.3, 0.4) is 0 Å². The zero-order valence-corrected chi connectivity index (χ0v) is 10.2. The lowest BCUT2D eigenvalue weighted by atomic mass is 9.94. The minimum atomic E-state index is -0.289. The van der Waals surface area contributed by atoms with E-state index in [1.807, 2.05) is 4.90 Å². The molecule has 2 N–H and O–H groups in total. The van der Waals surface area contributed by atoms with Crippen molar-refractivity contribution in [1.82, 2.24) is 4.90 Å². The molecule has 0 aromatic heterocycles. The molecule has 0 bridgehead atoms. The van der Waals surface area contributed by atoms with Crippen LogP contribution < -0.4 is 5.73 Å². The second kappa shape index (κ2) is 5.50. The van der Waals surface area contributed by atoms with E-state index in [1.54, 1.807) is 0 Å². The average molecular weight is 212 g/mol. The Morgan fingerprint density at radius 3 is 2.73 bits per heavy atom. The lowest BCUT2D eigenvalue weighted by molar-refractivity contribution is -0.137. The van der Waals surface area contributed by atoms with Gasteiger partial charge < -0.3 is 10.6 Å². The molecule has 0 aromatic carbocycles. The minimum absolute atomic E-state index is 0.149. The summed E-state index contributed by atoms with van der Waals surface area (Å²) in [5, 5.41) is 0. The molecule has 3 heteroatoms. The molecular formula is C12H24N2O. The number of nitrogens with zero attached hydrogens (tertiary/aromatic N) is 1. The van der Waals surface area contributed by atoms with Gasteiger partial charge in [-0.25, -0.2) is 0 Å². The Morgan fingerprint density at radius 2 is 2.13 bits per heavy atom. The highest BCUT2D eigenvalue weighted by molar-refractivity contribution is 5.82. The number of hydrogen-bond donors (Lipinski definition) is 1. The fourth-order valence-corrected chi connectivity index (χ4v) is 2.24. The fraction of sp³-hybridized carbons (Fsp3) is 0.917. The third kappa shape index (κ3) is 3.20. The van der Waals surface area contributed by atoms with Gasteiger partial charge in [0.1, 0.15) is 0 Å². The molecule has 1 rings (SSSR count). The number of rotatable bonds is 3. The van der Waals surface area contributed by atoms with Crippen LogP contribution in [0.25, 0.3) is 0 Å². The maximum absolute atomic E-state index is 12.0. The number of hydrogen-bond acceptors (Lipinski definition) is 2.